The van der Waals surface area contributed by atoms with Crippen molar-refractivity contribution in [2.75, 3.05) is 6.54 Å². The Kier molecular flexibility index (Phi) is 5.36. The highest BCUT2D eigenvalue weighted by Crippen LogP contribution is 2.24. The smallest absolute Gasteiger partial charge is 0.422 e. The Morgan fingerprint density at radius 2 is 2.11 bits per heavy atom. The van der Waals surface area contributed by atoms with E-state index in [9.17, 15) is 18.3 Å². The van der Waals surface area contributed by atoms with Gasteiger partial charge in [-0.25, -0.2) is 9.52 Å². The molecule has 1 rings (SSSR count). The van der Waals surface area contributed by atoms with E-state index in [0.29, 0.717) is 6.42 Å². The van der Waals surface area contributed by atoms with E-state index in [1.807, 2.05) is 0 Å². The lowest BCUT2D eigenvalue weighted by atomic mass is 10.1. The third kappa shape index (κ3) is 5.19. The lowest BCUT2D eigenvalue weighted by Gasteiger charge is -2.15. The van der Waals surface area contributed by atoms with Gasteiger partial charge in [0.05, 0.1) is 12.2 Å². The van der Waals surface area contributed by atoms with E-state index >= 15 is 0 Å². The summed E-state index contributed by atoms with van der Waals surface area (Å²) < 4.78 is 31.6. The normalized spacial score (nSPS) is 24.2. The average Bonchev–Trinajstić information content (AvgIpc) is 2.58. The largest absolute Gasteiger partial charge is 0.446 e. The van der Waals surface area contributed by atoms with Gasteiger partial charge in [0, 0.05) is 6.54 Å². The van der Waals surface area contributed by atoms with Crippen molar-refractivity contribution >= 4 is 16.3 Å². The minimum Gasteiger partial charge on any atom is -0.446 e. The van der Waals surface area contributed by atoms with Gasteiger partial charge in [-0.3, -0.25) is 0 Å². The van der Waals surface area contributed by atoms with Crippen LogP contribution in [0.3, 0.4) is 0 Å². The molecule has 1 aliphatic rings. The Morgan fingerprint density at radius 1 is 1.44 bits per heavy atom. The molecule has 0 aromatic rings. The number of ether oxygens (including phenoxy) is 1. The Balaban J connectivity index is 2.37. The van der Waals surface area contributed by atoms with Crippen LogP contribution in [0.15, 0.2) is 0 Å². The number of carbonyl (C=O) groups excluding carboxylic acids is 1. The van der Waals surface area contributed by atoms with Crippen LogP contribution in [0.4, 0.5) is 4.79 Å². The maximum atomic E-state index is 11.5. The molecule has 0 aromatic carbocycles. The summed E-state index contributed by atoms with van der Waals surface area (Å²) in [5.74, 6) is -0.0947. The van der Waals surface area contributed by atoms with E-state index in [1.54, 1.807) is 18.6 Å². The SMILES string of the molecule is CC(C)OC(=O)NS(=O)(=O)NCC1CCCC1O. The summed E-state index contributed by atoms with van der Waals surface area (Å²) in [4.78, 5) is 11.1. The number of hydrogen-bond donors (Lipinski definition) is 3. The molecule has 0 aliphatic heterocycles. The molecule has 2 atom stereocenters. The van der Waals surface area contributed by atoms with Crippen molar-refractivity contribution in [1.82, 2.24) is 9.44 Å². The monoisotopic (exact) mass is 280 g/mol. The highest BCUT2D eigenvalue weighted by Gasteiger charge is 2.27. The van der Waals surface area contributed by atoms with Gasteiger partial charge in [0.15, 0.2) is 0 Å². The fourth-order valence-electron chi connectivity index (χ4n) is 1.86. The molecule has 2 unspecified atom stereocenters. The maximum absolute atomic E-state index is 11.5. The first-order valence-electron chi connectivity index (χ1n) is 5.96. The molecule has 106 valence electrons. The lowest BCUT2D eigenvalue weighted by molar-refractivity contribution is 0.121. The van der Waals surface area contributed by atoms with Gasteiger partial charge >= 0.3 is 16.3 Å². The van der Waals surface area contributed by atoms with Crippen molar-refractivity contribution in [1.29, 1.82) is 0 Å². The number of nitrogens with one attached hydrogen (secondary N) is 2. The molecule has 1 amide bonds. The highest BCUT2D eigenvalue weighted by atomic mass is 32.2. The summed E-state index contributed by atoms with van der Waals surface area (Å²) in [6.45, 7) is 3.36. The van der Waals surface area contributed by atoms with Gasteiger partial charge in [0.2, 0.25) is 0 Å². The number of hydrogen-bond acceptors (Lipinski definition) is 5. The summed E-state index contributed by atoms with van der Waals surface area (Å²) in [7, 11) is -3.92. The molecule has 0 radical (unpaired) electrons. The molecule has 0 bridgehead atoms. The van der Waals surface area contributed by atoms with Crippen LogP contribution in [0.2, 0.25) is 0 Å². The molecule has 1 saturated carbocycles. The quantitative estimate of drug-likeness (QED) is 0.663. The molecule has 3 N–H and O–H groups in total. The minimum absolute atomic E-state index is 0.0947. The number of rotatable bonds is 5. The van der Waals surface area contributed by atoms with Gasteiger partial charge < -0.3 is 9.84 Å². The van der Waals surface area contributed by atoms with Crippen LogP contribution in [0.25, 0.3) is 0 Å². The Bertz CT molecular complexity index is 382. The van der Waals surface area contributed by atoms with Gasteiger partial charge in [-0.1, -0.05) is 6.42 Å². The van der Waals surface area contributed by atoms with Crippen LogP contribution in [-0.4, -0.2) is 38.4 Å². The van der Waals surface area contributed by atoms with Gasteiger partial charge in [0.1, 0.15) is 0 Å². The summed E-state index contributed by atoms with van der Waals surface area (Å²) >= 11 is 0. The van der Waals surface area contributed by atoms with Crippen molar-refractivity contribution in [3.8, 4) is 0 Å². The number of aliphatic hydroxyl groups is 1. The van der Waals surface area contributed by atoms with Crippen LogP contribution >= 0.6 is 0 Å². The zero-order valence-electron chi connectivity index (χ0n) is 10.5. The predicted molar refractivity (Wildman–Crippen MR) is 65.0 cm³/mol. The van der Waals surface area contributed by atoms with Gasteiger partial charge in [-0.15, -0.1) is 0 Å². The molecule has 1 aliphatic carbocycles. The van der Waals surface area contributed by atoms with Gasteiger partial charge in [-0.05, 0) is 32.6 Å². The number of aliphatic hydroxyl groups excluding tert-OH is 1. The minimum atomic E-state index is -3.92. The van der Waals surface area contributed by atoms with Crippen LogP contribution in [-0.2, 0) is 14.9 Å². The first kappa shape index (κ1) is 15.2. The zero-order chi connectivity index (χ0) is 13.8. The molecule has 0 aromatic heterocycles. The van der Waals surface area contributed by atoms with E-state index in [2.05, 4.69) is 9.46 Å². The van der Waals surface area contributed by atoms with E-state index in [-0.39, 0.29) is 12.5 Å². The maximum Gasteiger partial charge on any atom is 0.422 e. The first-order valence-corrected chi connectivity index (χ1v) is 7.44. The lowest BCUT2D eigenvalue weighted by Crippen LogP contribution is -2.43. The van der Waals surface area contributed by atoms with E-state index in [4.69, 9.17) is 0 Å². The van der Waals surface area contributed by atoms with Crippen LogP contribution < -0.4 is 9.44 Å². The summed E-state index contributed by atoms with van der Waals surface area (Å²) in [5, 5.41) is 9.54. The molecular weight excluding hydrogens is 260 g/mol. The van der Waals surface area contributed by atoms with Crippen molar-refractivity contribution in [3.05, 3.63) is 0 Å². The molecular formula is C10H20N2O5S. The second-order valence-corrected chi connectivity index (χ2v) is 6.17. The van der Waals surface area contributed by atoms with Crippen molar-refractivity contribution in [3.63, 3.8) is 0 Å². The fourth-order valence-corrected chi connectivity index (χ4v) is 2.63. The molecule has 8 heteroatoms. The summed E-state index contributed by atoms with van der Waals surface area (Å²) in [6, 6.07) is 0. The standard InChI is InChI=1S/C10H20N2O5S/c1-7(2)17-10(14)12-18(15,16)11-6-8-4-3-5-9(8)13/h7-9,11,13H,3-6H2,1-2H3,(H,12,14). The number of carbonyl (C=O) groups is 1. The summed E-state index contributed by atoms with van der Waals surface area (Å²) in [6.07, 6.45) is 0.475. The average molecular weight is 280 g/mol. The topological polar surface area (TPSA) is 105 Å². The van der Waals surface area contributed by atoms with Crippen molar-refractivity contribution in [2.45, 2.75) is 45.3 Å². The van der Waals surface area contributed by atoms with Crippen LogP contribution in [0.5, 0.6) is 0 Å². The first-order chi connectivity index (χ1) is 8.30. The van der Waals surface area contributed by atoms with Crippen molar-refractivity contribution < 1.29 is 23.1 Å². The second-order valence-electron chi connectivity index (χ2n) is 4.67. The zero-order valence-corrected chi connectivity index (χ0v) is 11.4. The van der Waals surface area contributed by atoms with Crippen LogP contribution in [0, 0.1) is 5.92 Å². The van der Waals surface area contributed by atoms with Crippen LogP contribution in [0.1, 0.15) is 33.1 Å². The molecule has 0 spiro atoms. The summed E-state index contributed by atoms with van der Waals surface area (Å²) in [5.41, 5.74) is 0. The third-order valence-electron chi connectivity index (χ3n) is 2.71. The molecule has 7 nitrogen and oxygen atoms in total. The third-order valence-corrected chi connectivity index (χ3v) is 3.70. The van der Waals surface area contributed by atoms with E-state index < -0.39 is 28.5 Å². The van der Waals surface area contributed by atoms with E-state index in [1.165, 1.54) is 0 Å². The Morgan fingerprint density at radius 3 is 2.61 bits per heavy atom. The molecule has 0 heterocycles. The highest BCUT2D eigenvalue weighted by molar-refractivity contribution is 7.88. The predicted octanol–water partition coefficient (Wildman–Crippen LogP) is 0.116. The number of amides is 1. The van der Waals surface area contributed by atoms with Gasteiger partial charge in [0.25, 0.3) is 0 Å². The molecule has 1 fully saturated rings. The van der Waals surface area contributed by atoms with Crippen molar-refractivity contribution in [2.24, 2.45) is 5.92 Å². The van der Waals surface area contributed by atoms with E-state index in [0.717, 1.165) is 12.8 Å². The second kappa shape index (κ2) is 6.35. The Hall–Kier alpha value is -0.860. The molecule has 18 heavy (non-hydrogen) atoms. The fraction of sp³-hybridized carbons (Fsp3) is 0.900. The van der Waals surface area contributed by atoms with Gasteiger partial charge in [-0.2, -0.15) is 13.1 Å². The Labute approximate surface area is 107 Å². The molecule has 0 saturated heterocycles.